The van der Waals surface area contributed by atoms with Crippen LogP contribution in [0.25, 0.3) is 10.8 Å². The summed E-state index contributed by atoms with van der Waals surface area (Å²) in [5, 5.41) is 18.6. The number of rotatable bonds is 4. The first-order chi connectivity index (χ1) is 11.2. The second kappa shape index (κ2) is 6.42. The number of nitrogens with zero attached hydrogens (tertiary/aromatic N) is 3. The first kappa shape index (κ1) is 14.9. The summed E-state index contributed by atoms with van der Waals surface area (Å²) in [6.45, 7) is 1.65. The van der Waals surface area contributed by atoms with Gasteiger partial charge in [0.15, 0.2) is 6.10 Å². The predicted octanol–water partition coefficient (Wildman–Crippen LogP) is 3.59. The molecule has 0 bridgehead atoms. The average Bonchev–Trinajstić information content (AvgIpc) is 3.25. The SMILES string of the molecule is C[C@@H](OC(=O)c1cccc(C#N)c1)c1nnc(-c2cccs2)o1. The molecule has 0 amide bonds. The molecule has 1 aromatic carbocycles. The van der Waals surface area contributed by atoms with Gasteiger partial charge < -0.3 is 9.15 Å². The van der Waals surface area contributed by atoms with Gasteiger partial charge in [-0.1, -0.05) is 12.1 Å². The largest absolute Gasteiger partial charge is 0.449 e. The van der Waals surface area contributed by atoms with E-state index in [1.807, 2.05) is 23.6 Å². The molecule has 23 heavy (non-hydrogen) atoms. The Morgan fingerprint density at radius 2 is 2.22 bits per heavy atom. The van der Waals surface area contributed by atoms with Crippen LogP contribution in [0.2, 0.25) is 0 Å². The lowest BCUT2D eigenvalue weighted by molar-refractivity contribution is 0.0280. The van der Waals surface area contributed by atoms with Crippen LogP contribution in [0.5, 0.6) is 0 Å². The zero-order valence-electron chi connectivity index (χ0n) is 12.1. The Kier molecular flexibility index (Phi) is 4.17. The van der Waals surface area contributed by atoms with Crippen molar-refractivity contribution in [1.29, 1.82) is 5.26 Å². The monoisotopic (exact) mass is 325 g/mol. The van der Waals surface area contributed by atoms with Gasteiger partial charge in [0.2, 0.25) is 0 Å². The molecule has 0 saturated heterocycles. The highest BCUT2D eigenvalue weighted by Crippen LogP contribution is 2.26. The molecule has 0 aliphatic heterocycles. The predicted molar refractivity (Wildman–Crippen MR) is 82.6 cm³/mol. The first-order valence-corrected chi connectivity index (χ1v) is 7.64. The fraction of sp³-hybridized carbons (Fsp3) is 0.125. The van der Waals surface area contributed by atoms with Gasteiger partial charge in [-0.3, -0.25) is 0 Å². The molecular weight excluding hydrogens is 314 g/mol. The van der Waals surface area contributed by atoms with Crippen molar-refractivity contribution in [3.8, 4) is 16.8 Å². The van der Waals surface area contributed by atoms with Crippen molar-refractivity contribution in [3.63, 3.8) is 0 Å². The fourth-order valence-corrected chi connectivity index (χ4v) is 2.54. The van der Waals surface area contributed by atoms with Gasteiger partial charge in [-0.05, 0) is 36.6 Å². The van der Waals surface area contributed by atoms with E-state index in [1.54, 1.807) is 25.1 Å². The minimum atomic E-state index is -0.686. The normalized spacial score (nSPS) is 11.7. The Morgan fingerprint density at radius 1 is 1.35 bits per heavy atom. The number of carbonyl (C=O) groups excluding carboxylic acids is 1. The molecule has 7 heteroatoms. The topological polar surface area (TPSA) is 89.0 Å². The van der Waals surface area contributed by atoms with Crippen molar-refractivity contribution in [3.05, 3.63) is 58.8 Å². The molecular formula is C16H11N3O3S. The van der Waals surface area contributed by atoms with E-state index in [2.05, 4.69) is 10.2 Å². The Bertz CT molecular complexity index is 865. The van der Waals surface area contributed by atoms with E-state index >= 15 is 0 Å². The molecule has 0 unspecified atom stereocenters. The highest BCUT2D eigenvalue weighted by molar-refractivity contribution is 7.13. The summed E-state index contributed by atoms with van der Waals surface area (Å²) in [5.74, 6) is 0.0630. The zero-order chi connectivity index (χ0) is 16.2. The van der Waals surface area contributed by atoms with E-state index in [-0.39, 0.29) is 5.89 Å². The van der Waals surface area contributed by atoms with Gasteiger partial charge in [-0.25, -0.2) is 4.79 Å². The van der Waals surface area contributed by atoms with Crippen LogP contribution in [-0.2, 0) is 4.74 Å². The number of ether oxygens (including phenoxy) is 1. The number of carbonyl (C=O) groups is 1. The Balaban J connectivity index is 1.72. The first-order valence-electron chi connectivity index (χ1n) is 6.76. The molecule has 0 N–H and O–H groups in total. The van der Waals surface area contributed by atoms with Gasteiger partial charge in [0.25, 0.3) is 11.8 Å². The van der Waals surface area contributed by atoms with Gasteiger partial charge >= 0.3 is 5.97 Å². The van der Waals surface area contributed by atoms with E-state index < -0.39 is 12.1 Å². The van der Waals surface area contributed by atoms with Crippen LogP contribution in [0.1, 0.15) is 34.8 Å². The van der Waals surface area contributed by atoms with Crippen molar-refractivity contribution in [2.24, 2.45) is 0 Å². The molecule has 3 rings (SSSR count). The third-order valence-electron chi connectivity index (χ3n) is 3.03. The lowest BCUT2D eigenvalue weighted by atomic mass is 10.1. The number of thiophene rings is 1. The lowest BCUT2D eigenvalue weighted by Crippen LogP contribution is -2.09. The van der Waals surface area contributed by atoms with Crippen molar-refractivity contribution in [2.45, 2.75) is 13.0 Å². The number of benzene rings is 1. The number of nitriles is 1. The van der Waals surface area contributed by atoms with Crippen LogP contribution in [0.3, 0.4) is 0 Å². The van der Waals surface area contributed by atoms with E-state index in [0.29, 0.717) is 17.0 Å². The lowest BCUT2D eigenvalue weighted by Gasteiger charge is -2.09. The molecule has 0 fully saturated rings. The summed E-state index contributed by atoms with van der Waals surface area (Å²) in [5.41, 5.74) is 0.693. The third-order valence-corrected chi connectivity index (χ3v) is 3.89. The minimum absolute atomic E-state index is 0.221. The standard InChI is InChI=1S/C16H11N3O3S/c1-10(14-18-19-15(22-14)13-6-3-7-23-13)21-16(20)12-5-2-4-11(8-12)9-17/h2-8,10H,1H3/t10-/m1/s1. The van der Waals surface area contributed by atoms with E-state index in [1.165, 1.54) is 17.4 Å². The number of aromatic nitrogens is 2. The maximum atomic E-state index is 12.1. The smallest absolute Gasteiger partial charge is 0.338 e. The molecule has 0 radical (unpaired) electrons. The van der Waals surface area contributed by atoms with Gasteiger partial charge in [-0.2, -0.15) is 5.26 Å². The van der Waals surface area contributed by atoms with Crippen LogP contribution in [0.15, 0.2) is 46.2 Å². The third kappa shape index (κ3) is 3.27. The highest BCUT2D eigenvalue weighted by Gasteiger charge is 2.20. The minimum Gasteiger partial charge on any atom is -0.449 e. The molecule has 0 saturated carbocycles. The molecule has 114 valence electrons. The molecule has 0 spiro atoms. The Morgan fingerprint density at radius 3 is 2.96 bits per heavy atom. The van der Waals surface area contributed by atoms with Crippen molar-refractivity contribution in [1.82, 2.24) is 10.2 Å². The van der Waals surface area contributed by atoms with Crippen LogP contribution >= 0.6 is 11.3 Å². The molecule has 1 atom stereocenters. The van der Waals surface area contributed by atoms with E-state index in [0.717, 1.165) is 4.88 Å². The quantitative estimate of drug-likeness (QED) is 0.681. The van der Waals surface area contributed by atoms with Crippen LogP contribution in [0, 0.1) is 11.3 Å². The maximum absolute atomic E-state index is 12.1. The zero-order valence-corrected chi connectivity index (χ0v) is 12.9. The summed E-state index contributed by atoms with van der Waals surface area (Å²) in [6, 6.07) is 12.0. The van der Waals surface area contributed by atoms with Crippen LogP contribution in [0.4, 0.5) is 0 Å². The number of hydrogen-bond acceptors (Lipinski definition) is 7. The van der Waals surface area contributed by atoms with E-state index in [9.17, 15) is 4.79 Å². The number of hydrogen-bond donors (Lipinski definition) is 0. The Hall–Kier alpha value is -2.98. The second-order valence-corrected chi connectivity index (χ2v) is 5.61. The van der Waals surface area contributed by atoms with Gasteiger partial charge in [0, 0.05) is 0 Å². The number of esters is 1. The molecule has 3 aromatic rings. The summed E-state index contributed by atoms with van der Waals surface area (Å²) in [4.78, 5) is 13.0. The summed E-state index contributed by atoms with van der Waals surface area (Å²) in [6.07, 6.45) is -0.686. The molecule has 2 heterocycles. The molecule has 6 nitrogen and oxygen atoms in total. The summed E-state index contributed by atoms with van der Waals surface area (Å²) >= 11 is 1.48. The van der Waals surface area contributed by atoms with Gasteiger partial charge in [0.1, 0.15) is 0 Å². The van der Waals surface area contributed by atoms with E-state index in [4.69, 9.17) is 14.4 Å². The summed E-state index contributed by atoms with van der Waals surface area (Å²) in [7, 11) is 0. The van der Waals surface area contributed by atoms with Crippen molar-refractivity contribution >= 4 is 17.3 Å². The van der Waals surface area contributed by atoms with Crippen molar-refractivity contribution < 1.29 is 13.9 Å². The highest BCUT2D eigenvalue weighted by atomic mass is 32.1. The van der Waals surface area contributed by atoms with Crippen molar-refractivity contribution in [2.75, 3.05) is 0 Å². The molecule has 0 aliphatic carbocycles. The molecule has 2 aromatic heterocycles. The second-order valence-electron chi connectivity index (χ2n) is 4.66. The molecule has 0 aliphatic rings. The van der Waals surface area contributed by atoms with Crippen LogP contribution < -0.4 is 0 Å². The Labute approximate surface area is 136 Å². The van der Waals surface area contributed by atoms with Gasteiger partial charge in [0.05, 0.1) is 22.1 Å². The average molecular weight is 325 g/mol. The summed E-state index contributed by atoms with van der Waals surface area (Å²) < 4.78 is 10.8. The van der Waals surface area contributed by atoms with Crippen LogP contribution in [-0.4, -0.2) is 16.2 Å². The maximum Gasteiger partial charge on any atom is 0.338 e. The van der Waals surface area contributed by atoms with Gasteiger partial charge in [-0.15, -0.1) is 21.5 Å². The fourth-order valence-electron chi connectivity index (χ4n) is 1.89.